The number of likely N-dealkylation sites (tertiary alicyclic amines) is 1. The van der Waals surface area contributed by atoms with Crippen molar-refractivity contribution in [1.82, 2.24) is 9.80 Å². The molecule has 0 bridgehead atoms. The second-order valence-electron chi connectivity index (χ2n) is 6.73. The number of carboxylic acid groups (broad SMARTS) is 1. The van der Waals surface area contributed by atoms with Crippen molar-refractivity contribution in [2.75, 3.05) is 33.2 Å². The Bertz CT molecular complexity index is 318. The van der Waals surface area contributed by atoms with Gasteiger partial charge in [0.15, 0.2) is 0 Å². The molecule has 2 fully saturated rings. The summed E-state index contributed by atoms with van der Waals surface area (Å²) in [5, 5.41) is 9.68. The standard InChI is InChI=1S/C16H30N2O2/c1-3-18-11-7-14(8-12-18)17(2)13-16(15(19)20)9-5-4-6-10-16/h14H,3-13H2,1-2H3,(H,19,20). The van der Waals surface area contributed by atoms with E-state index in [9.17, 15) is 9.90 Å². The van der Waals surface area contributed by atoms with Gasteiger partial charge in [0.1, 0.15) is 0 Å². The van der Waals surface area contributed by atoms with Gasteiger partial charge in [-0.15, -0.1) is 0 Å². The maximum Gasteiger partial charge on any atom is 0.310 e. The molecule has 0 amide bonds. The number of hydrogen-bond acceptors (Lipinski definition) is 3. The first kappa shape index (κ1) is 15.8. The summed E-state index contributed by atoms with van der Waals surface area (Å²) in [6.45, 7) is 6.40. The molecular weight excluding hydrogens is 252 g/mol. The molecule has 116 valence electrons. The Morgan fingerprint density at radius 1 is 1.25 bits per heavy atom. The van der Waals surface area contributed by atoms with Gasteiger partial charge in [-0.3, -0.25) is 4.79 Å². The number of rotatable bonds is 5. The fourth-order valence-corrected chi connectivity index (χ4v) is 3.95. The van der Waals surface area contributed by atoms with E-state index in [0.29, 0.717) is 6.04 Å². The van der Waals surface area contributed by atoms with Crippen LogP contribution in [-0.2, 0) is 4.79 Å². The molecule has 4 nitrogen and oxygen atoms in total. The highest BCUT2D eigenvalue weighted by atomic mass is 16.4. The maximum atomic E-state index is 11.8. The monoisotopic (exact) mass is 282 g/mol. The second kappa shape index (κ2) is 6.90. The highest BCUT2D eigenvalue weighted by Crippen LogP contribution is 2.38. The van der Waals surface area contributed by atoms with Crippen LogP contribution in [0.5, 0.6) is 0 Å². The minimum Gasteiger partial charge on any atom is -0.481 e. The van der Waals surface area contributed by atoms with Crippen LogP contribution in [0.3, 0.4) is 0 Å². The number of piperidine rings is 1. The lowest BCUT2D eigenvalue weighted by atomic mass is 9.73. The van der Waals surface area contributed by atoms with Gasteiger partial charge in [-0.05, 0) is 52.4 Å². The lowest BCUT2D eigenvalue weighted by Crippen LogP contribution is -2.49. The Labute approximate surface area is 123 Å². The lowest BCUT2D eigenvalue weighted by molar-refractivity contribution is -0.152. The van der Waals surface area contributed by atoms with Gasteiger partial charge < -0.3 is 14.9 Å². The predicted molar refractivity (Wildman–Crippen MR) is 80.9 cm³/mol. The van der Waals surface area contributed by atoms with Crippen LogP contribution in [0.25, 0.3) is 0 Å². The van der Waals surface area contributed by atoms with Crippen molar-refractivity contribution in [1.29, 1.82) is 0 Å². The molecule has 1 saturated heterocycles. The van der Waals surface area contributed by atoms with Crippen LogP contribution in [0, 0.1) is 5.41 Å². The minimum absolute atomic E-state index is 0.477. The van der Waals surface area contributed by atoms with Gasteiger partial charge in [0.2, 0.25) is 0 Å². The van der Waals surface area contributed by atoms with Crippen LogP contribution in [0.4, 0.5) is 0 Å². The summed E-state index contributed by atoms with van der Waals surface area (Å²) in [5.41, 5.74) is -0.477. The summed E-state index contributed by atoms with van der Waals surface area (Å²) < 4.78 is 0. The minimum atomic E-state index is -0.574. The third-order valence-corrected chi connectivity index (χ3v) is 5.44. The molecule has 1 saturated carbocycles. The van der Waals surface area contributed by atoms with Gasteiger partial charge in [0, 0.05) is 12.6 Å². The normalized spacial score (nSPS) is 24.9. The van der Waals surface area contributed by atoms with Gasteiger partial charge in [-0.2, -0.15) is 0 Å². The summed E-state index contributed by atoms with van der Waals surface area (Å²) in [4.78, 5) is 16.6. The van der Waals surface area contributed by atoms with Crippen LogP contribution in [0.2, 0.25) is 0 Å². The van der Waals surface area contributed by atoms with Gasteiger partial charge in [-0.1, -0.05) is 26.2 Å². The van der Waals surface area contributed by atoms with E-state index in [1.54, 1.807) is 0 Å². The first-order chi connectivity index (χ1) is 9.57. The summed E-state index contributed by atoms with van der Waals surface area (Å²) >= 11 is 0. The molecule has 0 aromatic heterocycles. The van der Waals surface area contributed by atoms with E-state index >= 15 is 0 Å². The number of nitrogens with zero attached hydrogens (tertiary/aromatic N) is 2. The molecule has 2 aliphatic rings. The topological polar surface area (TPSA) is 43.8 Å². The fraction of sp³-hybridized carbons (Fsp3) is 0.938. The van der Waals surface area contributed by atoms with Crippen molar-refractivity contribution in [2.24, 2.45) is 5.41 Å². The molecule has 0 aromatic carbocycles. The van der Waals surface area contributed by atoms with Gasteiger partial charge in [-0.25, -0.2) is 0 Å². The molecule has 2 rings (SSSR count). The molecule has 20 heavy (non-hydrogen) atoms. The maximum absolute atomic E-state index is 11.8. The summed E-state index contributed by atoms with van der Waals surface area (Å²) in [5.74, 6) is -0.574. The Morgan fingerprint density at radius 2 is 1.85 bits per heavy atom. The highest BCUT2D eigenvalue weighted by Gasteiger charge is 2.41. The quantitative estimate of drug-likeness (QED) is 0.841. The Balaban J connectivity index is 1.92. The third-order valence-electron chi connectivity index (χ3n) is 5.44. The van der Waals surface area contributed by atoms with Crippen molar-refractivity contribution in [3.63, 3.8) is 0 Å². The van der Waals surface area contributed by atoms with Gasteiger partial charge in [0.25, 0.3) is 0 Å². The molecule has 0 spiro atoms. The molecule has 0 aromatic rings. The average molecular weight is 282 g/mol. The van der Waals surface area contributed by atoms with E-state index in [1.165, 1.54) is 19.3 Å². The van der Waals surface area contributed by atoms with Crippen molar-refractivity contribution >= 4 is 5.97 Å². The van der Waals surface area contributed by atoms with Crippen molar-refractivity contribution in [3.05, 3.63) is 0 Å². The molecule has 1 heterocycles. The number of carbonyl (C=O) groups is 1. The number of aliphatic carboxylic acids is 1. The number of hydrogen-bond donors (Lipinski definition) is 1. The Hall–Kier alpha value is -0.610. The van der Waals surface area contributed by atoms with Crippen molar-refractivity contribution in [2.45, 2.75) is 57.9 Å². The molecule has 0 atom stereocenters. The number of carboxylic acids is 1. The first-order valence-corrected chi connectivity index (χ1v) is 8.23. The van der Waals surface area contributed by atoms with Crippen molar-refractivity contribution in [3.8, 4) is 0 Å². The molecule has 1 aliphatic carbocycles. The largest absolute Gasteiger partial charge is 0.481 e. The highest BCUT2D eigenvalue weighted by molar-refractivity contribution is 5.75. The molecular formula is C16H30N2O2. The predicted octanol–water partition coefficient (Wildman–Crippen LogP) is 2.44. The van der Waals surface area contributed by atoms with Crippen LogP contribution in [0.1, 0.15) is 51.9 Å². The molecule has 0 unspecified atom stereocenters. The molecule has 0 radical (unpaired) electrons. The van der Waals surface area contributed by atoms with E-state index in [1.807, 2.05) is 0 Å². The van der Waals surface area contributed by atoms with E-state index < -0.39 is 11.4 Å². The van der Waals surface area contributed by atoms with Crippen molar-refractivity contribution < 1.29 is 9.90 Å². The first-order valence-electron chi connectivity index (χ1n) is 8.23. The Kier molecular flexibility index (Phi) is 5.44. The Morgan fingerprint density at radius 3 is 2.35 bits per heavy atom. The van der Waals surface area contributed by atoms with E-state index in [2.05, 4.69) is 23.8 Å². The fourth-order valence-electron chi connectivity index (χ4n) is 3.95. The zero-order valence-corrected chi connectivity index (χ0v) is 13.1. The van der Waals surface area contributed by atoms with Crippen LogP contribution >= 0.6 is 0 Å². The van der Waals surface area contributed by atoms with Crippen LogP contribution < -0.4 is 0 Å². The summed E-state index contributed by atoms with van der Waals surface area (Å²) in [7, 11) is 2.13. The lowest BCUT2D eigenvalue weighted by Gasteiger charge is -2.42. The molecule has 4 heteroatoms. The molecule has 1 aliphatic heterocycles. The van der Waals surface area contributed by atoms with Gasteiger partial charge in [0.05, 0.1) is 5.41 Å². The zero-order valence-electron chi connectivity index (χ0n) is 13.1. The summed E-state index contributed by atoms with van der Waals surface area (Å²) in [6.07, 6.45) is 7.44. The van der Waals surface area contributed by atoms with Crippen LogP contribution in [-0.4, -0.2) is 60.1 Å². The van der Waals surface area contributed by atoms with Crippen LogP contribution in [0.15, 0.2) is 0 Å². The zero-order chi connectivity index (χ0) is 14.6. The molecule has 1 N–H and O–H groups in total. The third kappa shape index (κ3) is 3.53. The summed E-state index contributed by atoms with van der Waals surface area (Å²) in [6, 6.07) is 0.566. The van der Waals surface area contributed by atoms with E-state index in [0.717, 1.165) is 51.9 Å². The second-order valence-corrected chi connectivity index (χ2v) is 6.73. The SMILES string of the molecule is CCN1CCC(N(C)CC2(C(=O)O)CCCCC2)CC1. The van der Waals surface area contributed by atoms with E-state index in [4.69, 9.17) is 0 Å². The average Bonchev–Trinajstić information content (AvgIpc) is 2.48. The van der Waals surface area contributed by atoms with Gasteiger partial charge >= 0.3 is 5.97 Å². The van der Waals surface area contributed by atoms with E-state index in [-0.39, 0.29) is 0 Å². The smallest absolute Gasteiger partial charge is 0.310 e.